The first-order chi connectivity index (χ1) is 12.7. The maximum atomic E-state index is 6.08. The fourth-order valence-corrected chi connectivity index (χ4v) is 4.10. The molecule has 26 heavy (non-hydrogen) atoms. The van der Waals surface area contributed by atoms with E-state index in [1.54, 1.807) is 0 Å². The Kier molecular flexibility index (Phi) is 3.72. The fourth-order valence-electron chi connectivity index (χ4n) is 3.93. The van der Waals surface area contributed by atoms with Crippen LogP contribution in [0.15, 0.2) is 42.7 Å². The van der Waals surface area contributed by atoms with E-state index in [2.05, 4.69) is 41.2 Å². The van der Waals surface area contributed by atoms with E-state index in [9.17, 15) is 0 Å². The number of hydrogen-bond acceptors (Lipinski definition) is 3. The monoisotopic (exact) mass is 365 g/mol. The number of nitrogens with one attached hydrogen (secondary N) is 1. The number of aromatic nitrogens is 4. The number of aromatic amines is 1. The van der Waals surface area contributed by atoms with Crippen molar-refractivity contribution in [2.75, 3.05) is 6.54 Å². The molecule has 1 fully saturated rings. The minimum Gasteiger partial charge on any atom is -0.341 e. The first-order valence-corrected chi connectivity index (χ1v) is 9.37. The Bertz CT molecular complexity index is 1100. The van der Waals surface area contributed by atoms with Gasteiger partial charge in [0.2, 0.25) is 0 Å². The van der Waals surface area contributed by atoms with Gasteiger partial charge < -0.3 is 9.38 Å². The number of nitrogens with zero attached hydrogens (tertiary/aromatic N) is 4. The molecule has 1 aliphatic rings. The van der Waals surface area contributed by atoms with Gasteiger partial charge in [0.05, 0.1) is 27.8 Å². The van der Waals surface area contributed by atoms with Crippen molar-refractivity contribution >= 4 is 28.3 Å². The number of pyridine rings is 1. The number of fused-ring (bicyclic) bond motifs is 2. The Labute approximate surface area is 156 Å². The standard InChI is InChI=1S/C20H20ClN5/c1-13-4-6-16-17(9-13)24-20(23-16)18-3-2-8-25(18)11-15-12-26-10-14(21)5-7-19(26)22-15/h4-7,9-10,12,18H,2-3,8,11H2,1H3,(H,23,24)/t18-/m0/s1. The van der Waals surface area contributed by atoms with Gasteiger partial charge in [-0.2, -0.15) is 0 Å². The minimum atomic E-state index is 0.316. The van der Waals surface area contributed by atoms with E-state index >= 15 is 0 Å². The molecule has 1 atom stereocenters. The van der Waals surface area contributed by atoms with E-state index in [0.717, 1.165) is 52.7 Å². The van der Waals surface area contributed by atoms with Crippen molar-refractivity contribution in [3.63, 3.8) is 0 Å². The van der Waals surface area contributed by atoms with Gasteiger partial charge in [0, 0.05) is 18.9 Å². The second-order valence-electron chi connectivity index (χ2n) is 7.12. The van der Waals surface area contributed by atoms with E-state index in [1.165, 1.54) is 12.0 Å². The molecular weight excluding hydrogens is 346 g/mol. The topological polar surface area (TPSA) is 49.2 Å². The molecule has 0 amide bonds. The Balaban J connectivity index is 1.43. The molecule has 132 valence electrons. The lowest BCUT2D eigenvalue weighted by Gasteiger charge is -2.21. The smallest absolute Gasteiger partial charge is 0.137 e. The summed E-state index contributed by atoms with van der Waals surface area (Å²) in [5, 5.41) is 0.720. The zero-order valence-electron chi connectivity index (χ0n) is 14.6. The SMILES string of the molecule is Cc1ccc2nc([C@@H]3CCCN3Cc3cn4cc(Cl)ccc4n3)[nH]c2c1. The summed E-state index contributed by atoms with van der Waals surface area (Å²) in [6.07, 6.45) is 6.27. The third kappa shape index (κ3) is 2.77. The van der Waals surface area contributed by atoms with Crippen LogP contribution in [-0.2, 0) is 6.54 Å². The number of H-pyrrole nitrogens is 1. The van der Waals surface area contributed by atoms with Gasteiger partial charge in [-0.1, -0.05) is 17.7 Å². The Morgan fingerprint density at radius 1 is 1.19 bits per heavy atom. The van der Waals surface area contributed by atoms with Crippen LogP contribution in [0, 0.1) is 6.92 Å². The summed E-state index contributed by atoms with van der Waals surface area (Å²) in [4.78, 5) is 15.6. The lowest BCUT2D eigenvalue weighted by atomic mass is 10.2. The van der Waals surface area contributed by atoms with Crippen molar-refractivity contribution in [3.8, 4) is 0 Å². The van der Waals surface area contributed by atoms with Gasteiger partial charge in [-0.05, 0) is 56.1 Å². The summed E-state index contributed by atoms with van der Waals surface area (Å²) in [6, 6.07) is 10.5. The van der Waals surface area contributed by atoms with E-state index in [1.807, 2.05) is 22.7 Å². The molecule has 0 aliphatic carbocycles. The molecule has 4 heterocycles. The number of halogens is 1. The molecule has 1 aliphatic heterocycles. The summed E-state index contributed by atoms with van der Waals surface area (Å²) >= 11 is 6.08. The molecule has 1 aromatic carbocycles. The van der Waals surface area contributed by atoms with Crippen LogP contribution in [0.3, 0.4) is 0 Å². The maximum absolute atomic E-state index is 6.08. The molecule has 6 heteroatoms. The highest BCUT2D eigenvalue weighted by molar-refractivity contribution is 6.30. The molecule has 3 aromatic heterocycles. The molecule has 0 spiro atoms. The highest BCUT2D eigenvalue weighted by Crippen LogP contribution is 2.32. The van der Waals surface area contributed by atoms with Crippen LogP contribution in [0.2, 0.25) is 5.02 Å². The largest absolute Gasteiger partial charge is 0.341 e. The lowest BCUT2D eigenvalue weighted by Crippen LogP contribution is -2.23. The van der Waals surface area contributed by atoms with Crippen LogP contribution in [0.5, 0.6) is 0 Å². The summed E-state index contributed by atoms with van der Waals surface area (Å²) in [5.41, 5.74) is 5.40. The van der Waals surface area contributed by atoms with Gasteiger partial charge >= 0.3 is 0 Å². The highest BCUT2D eigenvalue weighted by atomic mass is 35.5. The number of imidazole rings is 2. The summed E-state index contributed by atoms with van der Waals surface area (Å²) in [7, 11) is 0. The van der Waals surface area contributed by atoms with Crippen LogP contribution in [0.1, 0.15) is 36.0 Å². The van der Waals surface area contributed by atoms with Gasteiger partial charge in [0.15, 0.2) is 0 Å². The second kappa shape index (κ2) is 6.11. The van der Waals surface area contributed by atoms with E-state index < -0.39 is 0 Å². The summed E-state index contributed by atoms with van der Waals surface area (Å²) < 4.78 is 1.99. The molecule has 0 unspecified atom stereocenters. The molecule has 1 N–H and O–H groups in total. The molecule has 4 aromatic rings. The van der Waals surface area contributed by atoms with Gasteiger partial charge in [-0.25, -0.2) is 9.97 Å². The van der Waals surface area contributed by atoms with Gasteiger partial charge in [-0.3, -0.25) is 4.90 Å². The predicted molar refractivity (Wildman–Crippen MR) is 103 cm³/mol. The highest BCUT2D eigenvalue weighted by Gasteiger charge is 2.29. The van der Waals surface area contributed by atoms with Crippen LogP contribution < -0.4 is 0 Å². The first-order valence-electron chi connectivity index (χ1n) is 8.99. The van der Waals surface area contributed by atoms with E-state index in [0.29, 0.717) is 6.04 Å². The number of aryl methyl sites for hydroxylation is 1. The summed E-state index contributed by atoms with van der Waals surface area (Å²) in [6.45, 7) is 3.99. The number of likely N-dealkylation sites (tertiary alicyclic amines) is 1. The predicted octanol–water partition coefficient (Wildman–Crippen LogP) is 4.51. The number of benzene rings is 1. The molecule has 5 nitrogen and oxygen atoms in total. The minimum absolute atomic E-state index is 0.316. The van der Waals surface area contributed by atoms with Crippen molar-refractivity contribution in [3.05, 3.63) is 64.8 Å². The van der Waals surface area contributed by atoms with Crippen LogP contribution in [0.4, 0.5) is 0 Å². The molecule has 0 saturated carbocycles. The van der Waals surface area contributed by atoms with Crippen molar-refractivity contribution < 1.29 is 0 Å². The van der Waals surface area contributed by atoms with Crippen LogP contribution in [0.25, 0.3) is 16.7 Å². The van der Waals surface area contributed by atoms with Crippen LogP contribution in [-0.4, -0.2) is 30.8 Å². The summed E-state index contributed by atoms with van der Waals surface area (Å²) in [5.74, 6) is 1.06. The Morgan fingerprint density at radius 2 is 2.12 bits per heavy atom. The third-order valence-electron chi connectivity index (χ3n) is 5.16. The Morgan fingerprint density at radius 3 is 3.04 bits per heavy atom. The quantitative estimate of drug-likeness (QED) is 0.581. The zero-order chi connectivity index (χ0) is 17.7. The van der Waals surface area contributed by atoms with E-state index in [-0.39, 0.29) is 0 Å². The lowest BCUT2D eigenvalue weighted by molar-refractivity contribution is 0.239. The molecule has 1 saturated heterocycles. The average Bonchev–Trinajstić information content (AvgIpc) is 3.31. The van der Waals surface area contributed by atoms with Gasteiger partial charge in [-0.15, -0.1) is 0 Å². The average molecular weight is 366 g/mol. The zero-order valence-corrected chi connectivity index (χ0v) is 15.4. The van der Waals surface area contributed by atoms with E-state index in [4.69, 9.17) is 21.6 Å². The molecule has 0 bridgehead atoms. The second-order valence-corrected chi connectivity index (χ2v) is 7.55. The number of rotatable bonds is 3. The van der Waals surface area contributed by atoms with Gasteiger partial charge in [0.1, 0.15) is 11.5 Å². The van der Waals surface area contributed by atoms with Crippen molar-refractivity contribution in [2.24, 2.45) is 0 Å². The molecule has 5 rings (SSSR count). The molecule has 0 radical (unpaired) electrons. The first kappa shape index (κ1) is 15.9. The Hall–Kier alpha value is -2.37. The third-order valence-corrected chi connectivity index (χ3v) is 5.39. The number of hydrogen-bond donors (Lipinski definition) is 1. The fraction of sp³-hybridized carbons (Fsp3) is 0.300. The van der Waals surface area contributed by atoms with Crippen molar-refractivity contribution in [2.45, 2.75) is 32.4 Å². The molecular formula is C20H20ClN5. The normalized spacial score (nSPS) is 18.3. The van der Waals surface area contributed by atoms with Gasteiger partial charge in [0.25, 0.3) is 0 Å². The maximum Gasteiger partial charge on any atom is 0.137 e. The van der Waals surface area contributed by atoms with Crippen molar-refractivity contribution in [1.82, 2.24) is 24.3 Å². The van der Waals surface area contributed by atoms with Crippen molar-refractivity contribution in [1.29, 1.82) is 0 Å². The van der Waals surface area contributed by atoms with Crippen LogP contribution >= 0.6 is 11.6 Å².